The lowest BCUT2D eigenvalue weighted by atomic mass is 10.2. The summed E-state index contributed by atoms with van der Waals surface area (Å²) in [5.74, 6) is 0.408. The van der Waals surface area contributed by atoms with E-state index in [0.717, 1.165) is 5.56 Å². The largest absolute Gasteiger partial charge is 0.383 e. The molecule has 0 saturated heterocycles. The number of carbonyl (C=O) groups excluding carboxylic acids is 1. The molecule has 0 spiro atoms. The van der Waals surface area contributed by atoms with Crippen molar-refractivity contribution < 1.29 is 4.79 Å². The first-order valence-electron chi connectivity index (χ1n) is 3.96. The molecule has 13 heavy (non-hydrogen) atoms. The number of rotatable bonds is 1. The van der Waals surface area contributed by atoms with Gasteiger partial charge in [-0.05, 0) is 18.6 Å². The Morgan fingerprint density at radius 2 is 2.15 bits per heavy atom. The van der Waals surface area contributed by atoms with Gasteiger partial charge in [-0.2, -0.15) is 0 Å². The first-order chi connectivity index (χ1) is 6.02. The Bertz CT molecular complexity index is 334. The highest BCUT2D eigenvalue weighted by Gasteiger charge is 2.08. The summed E-state index contributed by atoms with van der Waals surface area (Å²) < 4.78 is 0. The van der Waals surface area contributed by atoms with Crippen LogP contribution in [0.15, 0.2) is 12.3 Å². The zero-order valence-corrected chi connectivity index (χ0v) is 8.03. The van der Waals surface area contributed by atoms with Crippen molar-refractivity contribution in [1.82, 2.24) is 9.88 Å². The van der Waals surface area contributed by atoms with Crippen LogP contribution in [0.5, 0.6) is 0 Å². The molecule has 70 valence electrons. The molecule has 0 bridgehead atoms. The van der Waals surface area contributed by atoms with Crippen LogP contribution in [-0.4, -0.2) is 29.9 Å². The maximum atomic E-state index is 11.5. The van der Waals surface area contributed by atoms with Crippen LogP contribution in [0, 0.1) is 6.92 Å². The van der Waals surface area contributed by atoms with Crippen LogP contribution in [0.3, 0.4) is 0 Å². The number of hydrogen-bond acceptors (Lipinski definition) is 3. The third-order valence-electron chi connectivity index (χ3n) is 1.77. The zero-order chi connectivity index (χ0) is 10.0. The molecular weight excluding hydrogens is 166 g/mol. The minimum Gasteiger partial charge on any atom is -0.383 e. The Morgan fingerprint density at radius 3 is 2.62 bits per heavy atom. The van der Waals surface area contributed by atoms with Gasteiger partial charge in [0.15, 0.2) is 0 Å². The Morgan fingerprint density at radius 1 is 1.54 bits per heavy atom. The molecule has 2 N–H and O–H groups in total. The number of amides is 1. The first kappa shape index (κ1) is 9.51. The molecule has 0 aromatic carbocycles. The van der Waals surface area contributed by atoms with E-state index in [1.54, 1.807) is 20.2 Å². The van der Waals surface area contributed by atoms with Crippen molar-refractivity contribution in [3.05, 3.63) is 23.4 Å². The minimum absolute atomic E-state index is 0.0596. The molecule has 4 heteroatoms. The van der Waals surface area contributed by atoms with Crippen molar-refractivity contribution >= 4 is 11.7 Å². The van der Waals surface area contributed by atoms with Crippen LogP contribution in [0.25, 0.3) is 0 Å². The van der Waals surface area contributed by atoms with Crippen LogP contribution in [0.1, 0.15) is 15.9 Å². The average molecular weight is 179 g/mol. The standard InChI is InChI=1S/C9H13N3O/c1-6-4-7(5-11-8(6)10)9(13)12(2)3/h4-5H,1-3H3,(H2,10,11). The second kappa shape index (κ2) is 3.43. The van der Waals surface area contributed by atoms with Crippen molar-refractivity contribution in [2.24, 2.45) is 0 Å². The Balaban J connectivity index is 3.04. The highest BCUT2D eigenvalue weighted by molar-refractivity contribution is 5.93. The lowest BCUT2D eigenvalue weighted by Gasteiger charge is -2.10. The lowest BCUT2D eigenvalue weighted by molar-refractivity contribution is 0.0827. The summed E-state index contributed by atoms with van der Waals surface area (Å²) in [5, 5.41) is 0. The number of pyridine rings is 1. The summed E-state index contributed by atoms with van der Waals surface area (Å²) in [7, 11) is 3.40. The van der Waals surface area contributed by atoms with Gasteiger partial charge in [0.25, 0.3) is 5.91 Å². The number of anilines is 1. The summed E-state index contributed by atoms with van der Waals surface area (Å²) in [6.07, 6.45) is 1.49. The highest BCUT2D eigenvalue weighted by atomic mass is 16.2. The minimum atomic E-state index is -0.0596. The summed E-state index contributed by atoms with van der Waals surface area (Å²) >= 11 is 0. The molecule has 0 radical (unpaired) electrons. The van der Waals surface area contributed by atoms with Gasteiger partial charge in [0.2, 0.25) is 0 Å². The van der Waals surface area contributed by atoms with Crippen LogP contribution in [0.4, 0.5) is 5.82 Å². The molecule has 1 rings (SSSR count). The van der Waals surface area contributed by atoms with E-state index in [4.69, 9.17) is 5.73 Å². The van der Waals surface area contributed by atoms with Crippen molar-refractivity contribution in [2.45, 2.75) is 6.92 Å². The van der Waals surface area contributed by atoms with E-state index in [2.05, 4.69) is 4.98 Å². The number of nitrogens with zero attached hydrogens (tertiary/aromatic N) is 2. The predicted molar refractivity (Wildman–Crippen MR) is 51.4 cm³/mol. The maximum Gasteiger partial charge on any atom is 0.254 e. The summed E-state index contributed by atoms with van der Waals surface area (Å²) in [4.78, 5) is 16.9. The third kappa shape index (κ3) is 1.96. The second-order valence-corrected chi connectivity index (χ2v) is 3.13. The summed E-state index contributed by atoms with van der Waals surface area (Å²) in [5.41, 5.74) is 6.92. The fourth-order valence-corrected chi connectivity index (χ4v) is 0.961. The van der Waals surface area contributed by atoms with E-state index in [-0.39, 0.29) is 5.91 Å². The van der Waals surface area contributed by atoms with Gasteiger partial charge >= 0.3 is 0 Å². The highest BCUT2D eigenvalue weighted by Crippen LogP contribution is 2.09. The first-order valence-corrected chi connectivity index (χ1v) is 3.96. The fraction of sp³-hybridized carbons (Fsp3) is 0.333. The monoisotopic (exact) mass is 179 g/mol. The quantitative estimate of drug-likeness (QED) is 0.689. The Labute approximate surface area is 77.4 Å². The maximum absolute atomic E-state index is 11.5. The van der Waals surface area contributed by atoms with Crippen molar-refractivity contribution in [3.63, 3.8) is 0 Å². The average Bonchev–Trinajstić information content (AvgIpc) is 2.08. The van der Waals surface area contributed by atoms with E-state index in [1.807, 2.05) is 6.92 Å². The number of aryl methyl sites for hydroxylation is 1. The molecule has 1 heterocycles. The molecule has 1 aromatic heterocycles. The van der Waals surface area contributed by atoms with Crippen molar-refractivity contribution in [1.29, 1.82) is 0 Å². The van der Waals surface area contributed by atoms with Crippen LogP contribution in [0.2, 0.25) is 0 Å². The van der Waals surface area contributed by atoms with Gasteiger partial charge < -0.3 is 10.6 Å². The number of aromatic nitrogens is 1. The number of carbonyl (C=O) groups is 1. The fourth-order valence-electron chi connectivity index (χ4n) is 0.961. The molecule has 0 saturated carbocycles. The van der Waals surface area contributed by atoms with Crippen molar-refractivity contribution in [2.75, 3.05) is 19.8 Å². The molecule has 0 unspecified atom stereocenters. The molecule has 0 aliphatic heterocycles. The molecule has 1 amide bonds. The van der Waals surface area contributed by atoms with Gasteiger partial charge in [0, 0.05) is 20.3 Å². The van der Waals surface area contributed by atoms with Gasteiger partial charge in [-0.15, -0.1) is 0 Å². The van der Waals surface area contributed by atoms with Gasteiger partial charge in [0.05, 0.1) is 5.56 Å². The van der Waals surface area contributed by atoms with Crippen LogP contribution in [-0.2, 0) is 0 Å². The van der Waals surface area contributed by atoms with Gasteiger partial charge in [-0.25, -0.2) is 4.98 Å². The van der Waals surface area contributed by atoms with E-state index in [0.29, 0.717) is 11.4 Å². The number of nitrogen functional groups attached to an aromatic ring is 1. The number of hydrogen-bond donors (Lipinski definition) is 1. The third-order valence-corrected chi connectivity index (χ3v) is 1.77. The predicted octanol–water partition coefficient (Wildman–Crippen LogP) is 0.674. The topological polar surface area (TPSA) is 59.2 Å². The molecule has 0 aliphatic rings. The SMILES string of the molecule is Cc1cc(C(=O)N(C)C)cnc1N. The van der Waals surface area contributed by atoms with E-state index >= 15 is 0 Å². The van der Waals surface area contributed by atoms with Gasteiger partial charge in [0.1, 0.15) is 5.82 Å². The van der Waals surface area contributed by atoms with Crippen LogP contribution < -0.4 is 5.73 Å². The molecular formula is C9H13N3O. The van der Waals surface area contributed by atoms with Crippen LogP contribution >= 0.6 is 0 Å². The van der Waals surface area contributed by atoms with Gasteiger partial charge in [-0.1, -0.05) is 0 Å². The lowest BCUT2D eigenvalue weighted by Crippen LogP contribution is -2.22. The molecule has 4 nitrogen and oxygen atoms in total. The normalized spacial score (nSPS) is 9.77. The van der Waals surface area contributed by atoms with E-state index < -0.39 is 0 Å². The molecule has 0 aliphatic carbocycles. The van der Waals surface area contributed by atoms with E-state index in [9.17, 15) is 4.79 Å². The van der Waals surface area contributed by atoms with E-state index in [1.165, 1.54) is 11.1 Å². The van der Waals surface area contributed by atoms with Gasteiger partial charge in [-0.3, -0.25) is 4.79 Å². The van der Waals surface area contributed by atoms with Crippen molar-refractivity contribution in [3.8, 4) is 0 Å². The summed E-state index contributed by atoms with van der Waals surface area (Å²) in [6.45, 7) is 1.83. The second-order valence-electron chi connectivity index (χ2n) is 3.13. The zero-order valence-electron chi connectivity index (χ0n) is 8.03. The number of nitrogens with two attached hydrogens (primary N) is 1. The molecule has 1 aromatic rings. The summed E-state index contributed by atoms with van der Waals surface area (Å²) in [6, 6.07) is 1.74. The Kier molecular flexibility index (Phi) is 2.51. The molecule has 0 atom stereocenters. The Hall–Kier alpha value is -1.58. The molecule has 0 fully saturated rings. The smallest absolute Gasteiger partial charge is 0.254 e.